The smallest absolute Gasteiger partial charge is 0.316 e. The molecule has 0 aliphatic carbocycles. The van der Waals surface area contributed by atoms with Crippen LogP contribution in [0, 0.1) is 4.91 Å². The Kier molecular flexibility index (Phi) is 5.28. The summed E-state index contributed by atoms with van der Waals surface area (Å²) in [7, 11) is 0. The normalized spacial score (nSPS) is 15.4. The standard InChI is InChI=1S/C24H19ClN3O3S/c25-16-8-11-21-20(14-16)19-12-13-27(24(32)31-18-4-2-1-3-5-18)23(22(19)26-21)15-6-9-17(10-7-15)28(29)30/h1-11,14,23,26H,12-13H2,(H,29,30)/q+1. The molecule has 2 N–H and O–H groups in total. The van der Waals surface area contributed by atoms with Gasteiger partial charge < -0.3 is 14.6 Å². The number of nitrogens with zero attached hydrogens (tertiary/aromatic N) is 2. The van der Waals surface area contributed by atoms with Gasteiger partial charge >= 0.3 is 5.69 Å². The molecule has 0 saturated carbocycles. The van der Waals surface area contributed by atoms with E-state index in [1.54, 1.807) is 12.1 Å². The van der Waals surface area contributed by atoms with E-state index in [1.807, 2.05) is 65.6 Å². The van der Waals surface area contributed by atoms with Gasteiger partial charge in [0.05, 0.1) is 10.9 Å². The fraction of sp³-hybridized carbons (Fsp3) is 0.125. The predicted octanol–water partition coefficient (Wildman–Crippen LogP) is 5.93. The molecule has 1 unspecified atom stereocenters. The molecule has 5 rings (SSSR count). The number of rotatable bonds is 3. The number of halogens is 1. The van der Waals surface area contributed by atoms with E-state index in [0.29, 0.717) is 22.5 Å². The fourth-order valence-corrected chi connectivity index (χ4v) is 4.70. The molecule has 1 atom stereocenters. The quantitative estimate of drug-likeness (QED) is 0.290. The van der Waals surface area contributed by atoms with Crippen LogP contribution in [0.1, 0.15) is 22.9 Å². The molecule has 8 heteroatoms. The van der Waals surface area contributed by atoms with Crippen LogP contribution in [0.5, 0.6) is 5.75 Å². The van der Waals surface area contributed by atoms with E-state index in [1.165, 1.54) is 5.56 Å². The SMILES string of the molecule is O=[N+](O)c1ccc(C2c3[nH]c4ccc(Cl)cc4c3CCN2C(=S)Oc2ccccc2)cc1. The van der Waals surface area contributed by atoms with Gasteiger partial charge in [-0.05, 0) is 72.2 Å². The van der Waals surface area contributed by atoms with E-state index in [0.717, 1.165) is 28.6 Å². The second kappa shape index (κ2) is 8.26. The molecule has 1 aliphatic rings. The summed E-state index contributed by atoms with van der Waals surface area (Å²) >= 11 is 12.0. The molecule has 6 nitrogen and oxygen atoms in total. The van der Waals surface area contributed by atoms with Crippen LogP contribution in [0.15, 0.2) is 72.8 Å². The minimum Gasteiger partial charge on any atom is -0.432 e. The van der Waals surface area contributed by atoms with Crippen LogP contribution in [-0.4, -0.2) is 31.7 Å². The number of hydrogen-bond donors (Lipinski definition) is 2. The largest absolute Gasteiger partial charge is 0.432 e. The number of para-hydroxylation sites is 1. The molecule has 0 radical (unpaired) electrons. The van der Waals surface area contributed by atoms with Crippen molar-refractivity contribution in [2.45, 2.75) is 12.5 Å². The minimum absolute atomic E-state index is 0.151. The van der Waals surface area contributed by atoms with Gasteiger partial charge in [0.15, 0.2) is 0 Å². The molecule has 2 heterocycles. The molecule has 4 aromatic rings. The summed E-state index contributed by atoms with van der Waals surface area (Å²) in [6.07, 6.45) is 0.771. The van der Waals surface area contributed by atoms with Gasteiger partial charge in [-0.15, -0.1) is 0 Å². The Labute approximate surface area is 194 Å². The Morgan fingerprint density at radius 2 is 1.88 bits per heavy atom. The molecule has 0 spiro atoms. The van der Waals surface area contributed by atoms with Crippen molar-refractivity contribution < 1.29 is 14.9 Å². The summed E-state index contributed by atoms with van der Waals surface area (Å²) in [4.78, 5) is 16.7. The first-order valence-corrected chi connectivity index (χ1v) is 10.9. The van der Waals surface area contributed by atoms with Gasteiger partial charge in [0, 0.05) is 40.3 Å². The second-order valence-electron chi connectivity index (χ2n) is 7.60. The van der Waals surface area contributed by atoms with Crippen LogP contribution in [0.4, 0.5) is 5.69 Å². The van der Waals surface area contributed by atoms with Gasteiger partial charge in [0.2, 0.25) is 0 Å². The molecular formula is C24H19ClN3O3S+. The van der Waals surface area contributed by atoms with Crippen molar-refractivity contribution in [3.05, 3.63) is 99.5 Å². The number of H-pyrrole nitrogens is 1. The first kappa shape index (κ1) is 20.5. The molecule has 0 saturated heterocycles. The highest BCUT2D eigenvalue weighted by Gasteiger charge is 2.34. The lowest BCUT2D eigenvalue weighted by Gasteiger charge is -2.37. The molecular weight excluding hydrogens is 446 g/mol. The van der Waals surface area contributed by atoms with Crippen LogP contribution in [0.3, 0.4) is 0 Å². The second-order valence-corrected chi connectivity index (χ2v) is 8.38. The van der Waals surface area contributed by atoms with Crippen molar-refractivity contribution >= 4 is 45.6 Å². The van der Waals surface area contributed by atoms with Gasteiger partial charge in [-0.1, -0.05) is 29.8 Å². The van der Waals surface area contributed by atoms with Crippen LogP contribution in [0.2, 0.25) is 5.02 Å². The first-order valence-electron chi connectivity index (χ1n) is 10.1. The lowest BCUT2D eigenvalue weighted by molar-refractivity contribution is -0.729. The van der Waals surface area contributed by atoms with Crippen molar-refractivity contribution in [2.75, 3.05) is 6.54 Å². The Morgan fingerprint density at radius 3 is 2.59 bits per heavy atom. The molecule has 0 amide bonds. The van der Waals surface area contributed by atoms with Crippen molar-refractivity contribution in [1.29, 1.82) is 0 Å². The van der Waals surface area contributed by atoms with Gasteiger partial charge in [0.25, 0.3) is 10.1 Å². The van der Waals surface area contributed by atoms with E-state index in [2.05, 4.69) is 4.98 Å². The predicted molar refractivity (Wildman–Crippen MR) is 127 cm³/mol. The number of aromatic nitrogens is 1. The number of hydrogen-bond acceptors (Lipinski definition) is 3. The number of aromatic amines is 1. The van der Waals surface area contributed by atoms with E-state index >= 15 is 0 Å². The number of benzene rings is 3. The minimum atomic E-state index is -0.256. The number of ether oxygens (including phenoxy) is 1. The highest BCUT2D eigenvalue weighted by Crippen LogP contribution is 2.39. The van der Waals surface area contributed by atoms with Crippen LogP contribution in [0.25, 0.3) is 10.9 Å². The van der Waals surface area contributed by atoms with E-state index in [4.69, 9.17) is 28.6 Å². The van der Waals surface area contributed by atoms with E-state index < -0.39 is 0 Å². The van der Waals surface area contributed by atoms with Crippen LogP contribution < -0.4 is 4.74 Å². The summed E-state index contributed by atoms with van der Waals surface area (Å²) in [6.45, 7) is 0.651. The average molecular weight is 465 g/mol. The summed E-state index contributed by atoms with van der Waals surface area (Å²) in [6, 6.07) is 21.8. The van der Waals surface area contributed by atoms with Crippen molar-refractivity contribution in [2.24, 2.45) is 0 Å². The van der Waals surface area contributed by atoms with Gasteiger partial charge in [-0.3, -0.25) is 0 Å². The van der Waals surface area contributed by atoms with Crippen LogP contribution in [-0.2, 0) is 6.42 Å². The highest BCUT2D eigenvalue weighted by molar-refractivity contribution is 7.80. The zero-order valence-electron chi connectivity index (χ0n) is 16.9. The van der Waals surface area contributed by atoms with Gasteiger partial charge in [-0.25, -0.2) is 5.21 Å². The Bertz CT molecular complexity index is 1320. The molecule has 160 valence electrons. The molecule has 0 bridgehead atoms. The molecule has 0 fully saturated rings. The number of thiocarbonyl (C=S) groups is 1. The topological polar surface area (TPSA) is 68.6 Å². The lowest BCUT2D eigenvalue weighted by atomic mass is 9.92. The maximum Gasteiger partial charge on any atom is 0.316 e. The third-order valence-corrected chi connectivity index (χ3v) is 6.25. The highest BCUT2D eigenvalue weighted by atomic mass is 35.5. The molecule has 3 aromatic carbocycles. The van der Waals surface area contributed by atoms with Gasteiger partial charge in [-0.2, -0.15) is 0 Å². The maximum atomic E-state index is 11.3. The third kappa shape index (κ3) is 3.70. The van der Waals surface area contributed by atoms with Crippen molar-refractivity contribution in [3.63, 3.8) is 0 Å². The summed E-state index contributed by atoms with van der Waals surface area (Å²) in [5.41, 5.74) is 4.25. The number of nitrogens with one attached hydrogen (secondary N) is 1. The van der Waals surface area contributed by atoms with Gasteiger partial charge in [0.1, 0.15) is 5.75 Å². The first-order chi connectivity index (χ1) is 15.5. The van der Waals surface area contributed by atoms with Crippen LogP contribution >= 0.6 is 23.8 Å². The molecule has 1 aliphatic heterocycles. The molecule has 1 aromatic heterocycles. The van der Waals surface area contributed by atoms with E-state index in [-0.39, 0.29) is 16.7 Å². The summed E-state index contributed by atoms with van der Waals surface area (Å²) in [5, 5.41) is 11.3. The number of fused-ring (bicyclic) bond motifs is 3. The fourth-order valence-electron chi connectivity index (χ4n) is 4.24. The molecule has 32 heavy (non-hydrogen) atoms. The third-order valence-electron chi connectivity index (χ3n) is 5.70. The average Bonchev–Trinajstić information content (AvgIpc) is 3.17. The maximum absolute atomic E-state index is 11.3. The summed E-state index contributed by atoms with van der Waals surface area (Å²) in [5.74, 6) is 0.670. The zero-order valence-corrected chi connectivity index (χ0v) is 18.4. The Hall–Kier alpha value is -3.42. The summed E-state index contributed by atoms with van der Waals surface area (Å²) < 4.78 is 6.00. The van der Waals surface area contributed by atoms with E-state index in [9.17, 15) is 10.1 Å². The van der Waals surface area contributed by atoms with Crippen molar-refractivity contribution in [1.82, 2.24) is 9.88 Å². The Morgan fingerprint density at radius 1 is 1.12 bits per heavy atom. The zero-order chi connectivity index (χ0) is 22.2. The lowest BCUT2D eigenvalue weighted by Crippen LogP contribution is -2.42. The monoisotopic (exact) mass is 464 g/mol. The van der Waals surface area contributed by atoms with Crippen molar-refractivity contribution in [3.8, 4) is 5.75 Å². The Balaban J connectivity index is 1.60.